The molecule has 3 nitrogen and oxygen atoms in total. The van der Waals surface area contributed by atoms with Crippen LogP contribution in [0, 0.1) is 0 Å². The van der Waals surface area contributed by atoms with Gasteiger partial charge in [0.1, 0.15) is 5.82 Å². The quantitative estimate of drug-likeness (QED) is 0.749. The lowest BCUT2D eigenvalue weighted by atomic mass is 10.1. The SMILES string of the molecule is NCc1ccccc1-c1c[nH]c(-c2ccccc2)n1. The molecular weight excluding hydrogens is 234 g/mol. The summed E-state index contributed by atoms with van der Waals surface area (Å²) in [5, 5.41) is 0. The predicted molar refractivity (Wildman–Crippen MR) is 77.4 cm³/mol. The van der Waals surface area contributed by atoms with Crippen LogP contribution >= 0.6 is 0 Å². The Morgan fingerprint density at radius 3 is 2.47 bits per heavy atom. The highest BCUT2D eigenvalue weighted by atomic mass is 14.9. The number of nitrogens with zero attached hydrogens (tertiary/aromatic N) is 1. The van der Waals surface area contributed by atoms with Crippen LogP contribution in [-0.2, 0) is 6.54 Å². The number of aromatic amines is 1. The van der Waals surface area contributed by atoms with E-state index in [1.807, 2.05) is 60.8 Å². The predicted octanol–water partition coefficient (Wildman–Crippen LogP) is 3.20. The Kier molecular flexibility index (Phi) is 3.12. The number of imidazole rings is 1. The zero-order chi connectivity index (χ0) is 13.1. The number of aromatic nitrogens is 2. The zero-order valence-electron chi connectivity index (χ0n) is 10.5. The first-order chi connectivity index (χ1) is 9.38. The Balaban J connectivity index is 2.02. The second kappa shape index (κ2) is 5.08. The summed E-state index contributed by atoms with van der Waals surface area (Å²) in [6.45, 7) is 0.518. The minimum Gasteiger partial charge on any atom is -0.344 e. The van der Waals surface area contributed by atoms with E-state index < -0.39 is 0 Å². The van der Waals surface area contributed by atoms with E-state index in [4.69, 9.17) is 5.73 Å². The molecule has 2 aromatic carbocycles. The third kappa shape index (κ3) is 2.28. The van der Waals surface area contributed by atoms with Crippen molar-refractivity contribution >= 4 is 0 Å². The summed E-state index contributed by atoms with van der Waals surface area (Å²) < 4.78 is 0. The first-order valence-electron chi connectivity index (χ1n) is 6.27. The Bertz CT molecular complexity index is 671. The molecule has 0 spiro atoms. The largest absolute Gasteiger partial charge is 0.344 e. The number of benzene rings is 2. The lowest BCUT2D eigenvalue weighted by Crippen LogP contribution is -1.98. The lowest BCUT2D eigenvalue weighted by molar-refractivity contribution is 1.07. The first kappa shape index (κ1) is 11.7. The van der Waals surface area contributed by atoms with E-state index in [1.165, 1.54) is 0 Å². The third-order valence-corrected chi connectivity index (χ3v) is 3.14. The minimum atomic E-state index is 0.518. The third-order valence-electron chi connectivity index (χ3n) is 3.14. The van der Waals surface area contributed by atoms with Gasteiger partial charge in [-0.05, 0) is 5.56 Å². The molecule has 94 valence electrons. The topological polar surface area (TPSA) is 54.7 Å². The molecule has 1 aromatic heterocycles. The molecule has 0 radical (unpaired) electrons. The summed E-state index contributed by atoms with van der Waals surface area (Å²) in [7, 11) is 0. The summed E-state index contributed by atoms with van der Waals surface area (Å²) >= 11 is 0. The molecule has 3 aromatic rings. The van der Waals surface area contributed by atoms with Gasteiger partial charge in [0.05, 0.1) is 5.69 Å². The Morgan fingerprint density at radius 2 is 1.68 bits per heavy atom. The van der Waals surface area contributed by atoms with E-state index in [0.29, 0.717) is 6.54 Å². The van der Waals surface area contributed by atoms with Crippen molar-refractivity contribution in [1.82, 2.24) is 9.97 Å². The highest BCUT2D eigenvalue weighted by Gasteiger charge is 2.08. The maximum atomic E-state index is 5.77. The van der Waals surface area contributed by atoms with Gasteiger partial charge in [-0.25, -0.2) is 4.98 Å². The zero-order valence-corrected chi connectivity index (χ0v) is 10.5. The van der Waals surface area contributed by atoms with Gasteiger partial charge in [-0.15, -0.1) is 0 Å². The molecule has 0 saturated carbocycles. The van der Waals surface area contributed by atoms with Crippen molar-refractivity contribution in [3.05, 3.63) is 66.4 Å². The van der Waals surface area contributed by atoms with E-state index >= 15 is 0 Å². The number of hydrogen-bond donors (Lipinski definition) is 2. The fourth-order valence-corrected chi connectivity index (χ4v) is 2.15. The van der Waals surface area contributed by atoms with Crippen LogP contribution in [-0.4, -0.2) is 9.97 Å². The molecule has 0 bridgehead atoms. The molecule has 1 heterocycles. The normalized spacial score (nSPS) is 10.6. The lowest BCUT2D eigenvalue weighted by Gasteiger charge is -2.03. The van der Waals surface area contributed by atoms with E-state index in [2.05, 4.69) is 9.97 Å². The molecule has 19 heavy (non-hydrogen) atoms. The van der Waals surface area contributed by atoms with E-state index in [9.17, 15) is 0 Å². The average molecular weight is 249 g/mol. The maximum absolute atomic E-state index is 5.77. The number of nitrogens with one attached hydrogen (secondary N) is 1. The van der Waals surface area contributed by atoms with Gasteiger partial charge >= 0.3 is 0 Å². The van der Waals surface area contributed by atoms with Gasteiger partial charge in [-0.3, -0.25) is 0 Å². The Labute approximate surface area is 112 Å². The highest BCUT2D eigenvalue weighted by Crippen LogP contribution is 2.24. The first-order valence-corrected chi connectivity index (χ1v) is 6.27. The van der Waals surface area contributed by atoms with Crippen LogP contribution in [0.15, 0.2) is 60.8 Å². The van der Waals surface area contributed by atoms with Crippen LogP contribution in [0.2, 0.25) is 0 Å². The van der Waals surface area contributed by atoms with Crippen molar-refractivity contribution in [3.63, 3.8) is 0 Å². The Hall–Kier alpha value is -2.39. The maximum Gasteiger partial charge on any atom is 0.138 e. The summed E-state index contributed by atoms with van der Waals surface area (Å²) in [6, 6.07) is 18.2. The van der Waals surface area contributed by atoms with Crippen molar-refractivity contribution in [2.45, 2.75) is 6.54 Å². The summed E-state index contributed by atoms with van der Waals surface area (Å²) in [5.74, 6) is 0.877. The number of nitrogens with two attached hydrogens (primary N) is 1. The second-order valence-corrected chi connectivity index (χ2v) is 4.36. The van der Waals surface area contributed by atoms with Gasteiger partial charge in [-0.1, -0.05) is 54.6 Å². The fraction of sp³-hybridized carbons (Fsp3) is 0.0625. The molecule has 0 fully saturated rings. The molecule has 0 aliphatic rings. The summed E-state index contributed by atoms with van der Waals surface area (Å²) in [4.78, 5) is 7.87. The highest BCUT2D eigenvalue weighted by molar-refractivity contribution is 5.67. The van der Waals surface area contributed by atoms with Gasteiger partial charge in [0, 0.05) is 23.9 Å². The standard InChI is InChI=1S/C16H15N3/c17-10-13-8-4-5-9-14(13)15-11-18-16(19-15)12-6-2-1-3-7-12/h1-9,11H,10,17H2,(H,18,19). The smallest absolute Gasteiger partial charge is 0.138 e. The number of H-pyrrole nitrogens is 1. The Morgan fingerprint density at radius 1 is 0.947 bits per heavy atom. The van der Waals surface area contributed by atoms with Gasteiger partial charge in [0.15, 0.2) is 0 Å². The van der Waals surface area contributed by atoms with E-state index in [-0.39, 0.29) is 0 Å². The molecule has 0 aliphatic heterocycles. The van der Waals surface area contributed by atoms with Crippen LogP contribution in [0.25, 0.3) is 22.6 Å². The number of rotatable bonds is 3. The summed E-state index contributed by atoms with van der Waals surface area (Å²) in [5.41, 5.74) is 9.97. The summed E-state index contributed by atoms with van der Waals surface area (Å²) in [6.07, 6.45) is 1.93. The van der Waals surface area contributed by atoms with Crippen LogP contribution in [0.3, 0.4) is 0 Å². The van der Waals surface area contributed by atoms with Crippen LogP contribution in [0.4, 0.5) is 0 Å². The average Bonchev–Trinajstić information content (AvgIpc) is 2.98. The monoisotopic (exact) mass is 249 g/mol. The molecule has 0 unspecified atom stereocenters. The molecule has 3 N–H and O–H groups in total. The molecular formula is C16H15N3. The fourth-order valence-electron chi connectivity index (χ4n) is 2.15. The van der Waals surface area contributed by atoms with Crippen molar-refractivity contribution < 1.29 is 0 Å². The second-order valence-electron chi connectivity index (χ2n) is 4.36. The van der Waals surface area contributed by atoms with Crippen molar-refractivity contribution in [1.29, 1.82) is 0 Å². The molecule has 0 saturated heterocycles. The van der Waals surface area contributed by atoms with Gasteiger partial charge < -0.3 is 10.7 Å². The van der Waals surface area contributed by atoms with Gasteiger partial charge in [0.2, 0.25) is 0 Å². The molecule has 0 atom stereocenters. The van der Waals surface area contributed by atoms with Crippen LogP contribution in [0.5, 0.6) is 0 Å². The molecule has 3 heteroatoms. The van der Waals surface area contributed by atoms with Gasteiger partial charge in [-0.2, -0.15) is 0 Å². The van der Waals surface area contributed by atoms with Crippen molar-refractivity contribution in [2.75, 3.05) is 0 Å². The minimum absolute atomic E-state index is 0.518. The van der Waals surface area contributed by atoms with Crippen molar-refractivity contribution in [2.24, 2.45) is 5.73 Å². The molecule has 3 rings (SSSR count). The van der Waals surface area contributed by atoms with Crippen molar-refractivity contribution in [3.8, 4) is 22.6 Å². The van der Waals surface area contributed by atoms with Crippen LogP contribution < -0.4 is 5.73 Å². The molecule has 0 aliphatic carbocycles. The van der Waals surface area contributed by atoms with E-state index in [0.717, 1.165) is 28.2 Å². The number of hydrogen-bond acceptors (Lipinski definition) is 2. The van der Waals surface area contributed by atoms with Gasteiger partial charge in [0.25, 0.3) is 0 Å². The molecule has 0 amide bonds. The van der Waals surface area contributed by atoms with Crippen LogP contribution in [0.1, 0.15) is 5.56 Å². The van der Waals surface area contributed by atoms with E-state index in [1.54, 1.807) is 0 Å².